The molecule has 0 radical (unpaired) electrons. The zero-order valence-electron chi connectivity index (χ0n) is 12.1. The Morgan fingerprint density at radius 2 is 2.05 bits per heavy atom. The minimum atomic E-state index is -3.17. The van der Waals surface area contributed by atoms with Crippen LogP contribution in [0.4, 0.5) is 0 Å². The summed E-state index contributed by atoms with van der Waals surface area (Å²) in [7, 11) is -1.55. The maximum Gasteiger partial charge on any atom is 0.214 e. The van der Waals surface area contributed by atoms with Crippen molar-refractivity contribution < 1.29 is 8.42 Å². The second-order valence-corrected chi connectivity index (χ2v) is 8.73. The third kappa shape index (κ3) is 6.54. The molecule has 7 heteroatoms. The maximum absolute atomic E-state index is 12.1. The van der Waals surface area contributed by atoms with Gasteiger partial charge in [-0.1, -0.05) is 18.5 Å². The molecule has 1 aromatic rings. The van der Waals surface area contributed by atoms with Crippen LogP contribution in [0.25, 0.3) is 0 Å². The lowest BCUT2D eigenvalue weighted by Crippen LogP contribution is -2.29. The zero-order valence-corrected chi connectivity index (χ0v) is 14.5. The lowest BCUT2D eigenvalue weighted by atomic mass is 10.3. The van der Waals surface area contributed by atoms with Crippen LogP contribution < -0.4 is 5.32 Å². The quantitative estimate of drug-likeness (QED) is 0.667. The average Bonchev–Trinajstić information content (AvgIpc) is 2.79. The lowest BCUT2D eigenvalue weighted by Gasteiger charge is -2.16. The summed E-state index contributed by atoms with van der Waals surface area (Å²) in [6.45, 7) is 4.39. The Morgan fingerprint density at radius 1 is 1.30 bits per heavy atom. The van der Waals surface area contributed by atoms with Gasteiger partial charge in [0.1, 0.15) is 0 Å². The highest BCUT2D eigenvalue weighted by molar-refractivity contribution is 7.89. The molecule has 0 aliphatic carbocycles. The van der Waals surface area contributed by atoms with E-state index in [4.69, 9.17) is 11.6 Å². The molecule has 0 aliphatic heterocycles. The topological polar surface area (TPSA) is 49.4 Å². The first-order valence-electron chi connectivity index (χ1n) is 6.84. The Morgan fingerprint density at radius 3 is 2.65 bits per heavy atom. The van der Waals surface area contributed by atoms with Gasteiger partial charge in [0, 0.05) is 18.5 Å². The maximum atomic E-state index is 12.1. The van der Waals surface area contributed by atoms with E-state index >= 15 is 0 Å². The van der Waals surface area contributed by atoms with Crippen molar-refractivity contribution in [3.8, 4) is 0 Å². The monoisotopic (exact) mass is 338 g/mol. The number of sulfonamides is 1. The Balaban J connectivity index is 2.32. The molecule has 0 unspecified atom stereocenters. The molecule has 0 aromatic carbocycles. The number of nitrogens with zero attached hydrogens (tertiary/aromatic N) is 1. The predicted octanol–water partition coefficient (Wildman–Crippen LogP) is 2.94. The van der Waals surface area contributed by atoms with Crippen molar-refractivity contribution >= 4 is 33.0 Å². The molecule has 0 aliphatic rings. The summed E-state index contributed by atoms with van der Waals surface area (Å²) in [5, 5.41) is 3.27. The predicted molar refractivity (Wildman–Crippen MR) is 87.0 cm³/mol. The molecule has 0 spiro atoms. The average molecular weight is 339 g/mol. The minimum absolute atomic E-state index is 0.205. The molecule has 0 saturated carbocycles. The van der Waals surface area contributed by atoms with E-state index in [-0.39, 0.29) is 5.75 Å². The normalized spacial score (nSPS) is 12.2. The van der Waals surface area contributed by atoms with E-state index in [1.165, 1.54) is 15.6 Å². The van der Waals surface area contributed by atoms with E-state index in [1.807, 2.05) is 6.07 Å². The van der Waals surface area contributed by atoms with Gasteiger partial charge in [0.25, 0.3) is 0 Å². The van der Waals surface area contributed by atoms with Gasteiger partial charge >= 0.3 is 0 Å². The van der Waals surface area contributed by atoms with Crippen molar-refractivity contribution in [3.63, 3.8) is 0 Å². The molecule has 1 heterocycles. The molecule has 4 nitrogen and oxygen atoms in total. The molecule has 0 atom stereocenters. The van der Waals surface area contributed by atoms with Gasteiger partial charge in [-0.05, 0) is 44.5 Å². The summed E-state index contributed by atoms with van der Waals surface area (Å²) in [6, 6.07) is 3.66. The van der Waals surface area contributed by atoms with Gasteiger partial charge in [-0.25, -0.2) is 8.42 Å². The highest BCUT2D eigenvalue weighted by Crippen LogP contribution is 2.23. The largest absolute Gasteiger partial charge is 0.317 e. The van der Waals surface area contributed by atoms with E-state index in [0.29, 0.717) is 17.3 Å². The number of thiophene rings is 1. The first kappa shape index (κ1) is 17.9. The van der Waals surface area contributed by atoms with Crippen LogP contribution in [-0.4, -0.2) is 38.6 Å². The summed E-state index contributed by atoms with van der Waals surface area (Å²) >= 11 is 7.26. The highest BCUT2D eigenvalue weighted by Gasteiger charge is 2.18. The fourth-order valence-electron chi connectivity index (χ4n) is 1.75. The summed E-state index contributed by atoms with van der Waals surface area (Å²) < 4.78 is 26.3. The minimum Gasteiger partial charge on any atom is -0.317 e. The van der Waals surface area contributed by atoms with Crippen LogP contribution in [0.15, 0.2) is 12.1 Å². The van der Waals surface area contributed by atoms with Crippen LogP contribution in [0, 0.1) is 0 Å². The van der Waals surface area contributed by atoms with Crippen LogP contribution in [0.2, 0.25) is 4.34 Å². The van der Waals surface area contributed by atoms with Crippen molar-refractivity contribution in [2.24, 2.45) is 0 Å². The van der Waals surface area contributed by atoms with E-state index in [9.17, 15) is 8.42 Å². The van der Waals surface area contributed by atoms with Crippen LogP contribution >= 0.6 is 22.9 Å². The highest BCUT2D eigenvalue weighted by atomic mass is 35.5. The van der Waals surface area contributed by atoms with Crippen molar-refractivity contribution in [2.45, 2.75) is 32.7 Å². The molecule has 1 N–H and O–H groups in total. The van der Waals surface area contributed by atoms with Crippen molar-refractivity contribution in [3.05, 3.63) is 21.3 Å². The molecule has 116 valence electrons. The Bertz CT molecular complexity index is 488. The molecule has 0 amide bonds. The van der Waals surface area contributed by atoms with Gasteiger partial charge in [-0.15, -0.1) is 11.3 Å². The third-order valence-corrected chi connectivity index (χ3v) is 6.01. The molecule has 20 heavy (non-hydrogen) atoms. The van der Waals surface area contributed by atoms with Crippen molar-refractivity contribution in [1.82, 2.24) is 9.62 Å². The Hall–Kier alpha value is -0.140. The molecule has 0 fully saturated rings. The standard InChI is InChI=1S/C13H23ClN2O2S2/c1-3-8-15-9-4-5-10-20(17,18)16(2)11-12-6-7-13(14)19-12/h6-7,15H,3-5,8-11H2,1-2H3. The fourth-order valence-corrected chi connectivity index (χ4v) is 4.19. The van der Waals surface area contributed by atoms with Gasteiger partial charge in [0.15, 0.2) is 0 Å². The second-order valence-electron chi connectivity index (χ2n) is 4.73. The van der Waals surface area contributed by atoms with Crippen LogP contribution in [-0.2, 0) is 16.6 Å². The molecule has 1 aromatic heterocycles. The lowest BCUT2D eigenvalue weighted by molar-refractivity contribution is 0.467. The van der Waals surface area contributed by atoms with E-state index in [2.05, 4.69) is 12.2 Å². The van der Waals surface area contributed by atoms with Gasteiger partial charge in [0.2, 0.25) is 10.0 Å². The number of halogens is 1. The fraction of sp³-hybridized carbons (Fsp3) is 0.692. The SMILES string of the molecule is CCCNCCCCS(=O)(=O)N(C)Cc1ccc(Cl)s1. The summed E-state index contributed by atoms with van der Waals surface area (Å²) in [5.41, 5.74) is 0. The summed E-state index contributed by atoms with van der Waals surface area (Å²) in [6.07, 6.45) is 2.68. The Labute approximate surface area is 131 Å². The van der Waals surface area contributed by atoms with Gasteiger partial charge in [-0.3, -0.25) is 0 Å². The second kappa shape index (κ2) is 9.00. The van der Waals surface area contributed by atoms with Gasteiger partial charge < -0.3 is 5.32 Å². The molecule has 0 bridgehead atoms. The zero-order chi connectivity index (χ0) is 15.0. The van der Waals surface area contributed by atoms with Crippen LogP contribution in [0.5, 0.6) is 0 Å². The number of nitrogens with one attached hydrogen (secondary N) is 1. The first-order chi connectivity index (χ1) is 9.45. The number of hydrogen-bond acceptors (Lipinski definition) is 4. The first-order valence-corrected chi connectivity index (χ1v) is 9.65. The van der Waals surface area contributed by atoms with E-state index in [0.717, 1.165) is 30.8 Å². The summed E-state index contributed by atoms with van der Waals surface area (Å²) in [5.74, 6) is 0.205. The van der Waals surface area contributed by atoms with Crippen molar-refractivity contribution in [1.29, 1.82) is 0 Å². The molecule has 0 saturated heterocycles. The van der Waals surface area contributed by atoms with E-state index < -0.39 is 10.0 Å². The Kier molecular flexibility index (Phi) is 8.06. The van der Waals surface area contributed by atoms with Gasteiger partial charge in [0.05, 0.1) is 10.1 Å². The van der Waals surface area contributed by atoms with Gasteiger partial charge in [-0.2, -0.15) is 4.31 Å². The van der Waals surface area contributed by atoms with Crippen molar-refractivity contribution in [2.75, 3.05) is 25.9 Å². The number of unbranched alkanes of at least 4 members (excludes halogenated alkanes) is 1. The molecular formula is C13H23ClN2O2S2. The van der Waals surface area contributed by atoms with Crippen LogP contribution in [0.1, 0.15) is 31.1 Å². The molecular weight excluding hydrogens is 316 g/mol. The third-order valence-electron chi connectivity index (χ3n) is 2.91. The summed E-state index contributed by atoms with van der Waals surface area (Å²) in [4.78, 5) is 0.964. The van der Waals surface area contributed by atoms with Crippen LogP contribution in [0.3, 0.4) is 0 Å². The number of rotatable bonds is 10. The number of hydrogen-bond donors (Lipinski definition) is 1. The smallest absolute Gasteiger partial charge is 0.214 e. The van der Waals surface area contributed by atoms with E-state index in [1.54, 1.807) is 13.1 Å². The molecule has 1 rings (SSSR count).